The average Bonchev–Trinajstić information content (AvgIpc) is 2.88. The molecule has 0 spiro atoms. The Morgan fingerprint density at radius 3 is 2.20 bits per heavy atom. The number of benzene rings is 1. The Morgan fingerprint density at radius 2 is 1.60 bits per heavy atom. The number of furan rings is 1. The van der Waals surface area contributed by atoms with Gasteiger partial charge >= 0.3 is 0 Å². The molecule has 0 bridgehead atoms. The maximum atomic E-state index is 5.84. The summed E-state index contributed by atoms with van der Waals surface area (Å²) in [7, 11) is 7.93. The van der Waals surface area contributed by atoms with Crippen molar-refractivity contribution in [2.75, 3.05) is 28.2 Å². The zero-order chi connectivity index (χ0) is 14.5. The largest absolute Gasteiger partial charge is 0.459 e. The van der Waals surface area contributed by atoms with Crippen molar-refractivity contribution in [1.29, 1.82) is 0 Å². The second kappa shape index (κ2) is 6.28. The number of hydrogen-bond donors (Lipinski definition) is 0. The molecule has 0 radical (unpaired) electrons. The standard InChI is InChI=1S/C16H21N3O/c1-18(2)16(19(3)4)17-12-14-10-11-15(20-14)13-8-6-5-7-9-13/h5-11H,12H2,1-4H3. The summed E-state index contributed by atoms with van der Waals surface area (Å²) in [5.41, 5.74) is 1.09. The van der Waals surface area contributed by atoms with Crippen molar-refractivity contribution < 1.29 is 4.42 Å². The van der Waals surface area contributed by atoms with Crippen LogP contribution in [-0.4, -0.2) is 44.0 Å². The minimum Gasteiger partial charge on any atom is -0.459 e. The van der Waals surface area contributed by atoms with Gasteiger partial charge in [0.15, 0.2) is 5.96 Å². The monoisotopic (exact) mass is 271 g/mol. The molecule has 0 atom stereocenters. The predicted molar refractivity (Wildman–Crippen MR) is 82.7 cm³/mol. The minimum absolute atomic E-state index is 0.540. The van der Waals surface area contributed by atoms with Crippen LogP contribution < -0.4 is 0 Å². The van der Waals surface area contributed by atoms with E-state index in [1.54, 1.807) is 0 Å². The fourth-order valence-electron chi connectivity index (χ4n) is 2.05. The Kier molecular flexibility index (Phi) is 4.45. The Balaban J connectivity index is 2.12. The normalized spacial score (nSPS) is 10.2. The lowest BCUT2D eigenvalue weighted by molar-refractivity contribution is 0.471. The summed E-state index contributed by atoms with van der Waals surface area (Å²) in [6.07, 6.45) is 0. The van der Waals surface area contributed by atoms with E-state index < -0.39 is 0 Å². The van der Waals surface area contributed by atoms with Gasteiger partial charge in [0.25, 0.3) is 0 Å². The summed E-state index contributed by atoms with van der Waals surface area (Å²) < 4.78 is 5.84. The van der Waals surface area contributed by atoms with Crippen LogP contribution in [0.25, 0.3) is 11.3 Å². The van der Waals surface area contributed by atoms with Gasteiger partial charge in [-0.1, -0.05) is 30.3 Å². The number of guanidine groups is 1. The smallest absolute Gasteiger partial charge is 0.195 e. The fraction of sp³-hybridized carbons (Fsp3) is 0.312. The molecule has 4 nitrogen and oxygen atoms in total. The number of aliphatic imine (C=N–C) groups is 1. The highest BCUT2D eigenvalue weighted by Crippen LogP contribution is 2.22. The first-order chi connectivity index (χ1) is 9.58. The zero-order valence-electron chi connectivity index (χ0n) is 12.5. The van der Waals surface area contributed by atoms with Gasteiger partial charge in [-0.15, -0.1) is 0 Å². The molecule has 2 rings (SSSR count). The van der Waals surface area contributed by atoms with Crippen LogP contribution in [0.4, 0.5) is 0 Å². The van der Waals surface area contributed by atoms with Gasteiger partial charge in [-0.2, -0.15) is 0 Å². The van der Waals surface area contributed by atoms with Gasteiger partial charge in [0.2, 0.25) is 0 Å². The van der Waals surface area contributed by atoms with Crippen molar-refractivity contribution in [3.8, 4) is 11.3 Å². The van der Waals surface area contributed by atoms with Crippen molar-refractivity contribution in [2.24, 2.45) is 4.99 Å². The quantitative estimate of drug-likeness (QED) is 0.635. The molecule has 0 fully saturated rings. The summed E-state index contributed by atoms with van der Waals surface area (Å²) in [6, 6.07) is 14.1. The third kappa shape index (κ3) is 3.41. The lowest BCUT2D eigenvalue weighted by Crippen LogP contribution is -2.35. The number of rotatable bonds is 3. The third-order valence-corrected chi connectivity index (χ3v) is 2.90. The molecule has 106 valence electrons. The highest BCUT2D eigenvalue weighted by atomic mass is 16.3. The lowest BCUT2D eigenvalue weighted by Gasteiger charge is -2.22. The lowest BCUT2D eigenvalue weighted by atomic mass is 10.2. The Labute approximate surface area is 120 Å². The summed E-state index contributed by atoms with van der Waals surface area (Å²) >= 11 is 0. The van der Waals surface area contributed by atoms with E-state index in [1.165, 1.54) is 0 Å². The molecule has 0 saturated carbocycles. The van der Waals surface area contributed by atoms with E-state index in [4.69, 9.17) is 4.42 Å². The van der Waals surface area contributed by atoms with Crippen LogP contribution in [0, 0.1) is 0 Å². The molecule has 0 N–H and O–H groups in total. The number of hydrogen-bond acceptors (Lipinski definition) is 2. The average molecular weight is 271 g/mol. The topological polar surface area (TPSA) is 32.0 Å². The SMILES string of the molecule is CN(C)C(=NCc1ccc(-c2ccccc2)o1)N(C)C. The van der Waals surface area contributed by atoms with Crippen LogP contribution in [-0.2, 0) is 6.54 Å². The van der Waals surface area contributed by atoms with E-state index in [1.807, 2.05) is 80.5 Å². The molecule has 0 aliphatic rings. The van der Waals surface area contributed by atoms with Gasteiger partial charge in [-0.25, -0.2) is 4.99 Å². The van der Waals surface area contributed by atoms with Gasteiger partial charge in [0.1, 0.15) is 18.1 Å². The van der Waals surface area contributed by atoms with Gasteiger partial charge in [0, 0.05) is 33.8 Å². The maximum Gasteiger partial charge on any atom is 0.195 e. The van der Waals surface area contributed by atoms with E-state index in [0.29, 0.717) is 6.54 Å². The summed E-state index contributed by atoms with van der Waals surface area (Å²) in [5, 5.41) is 0. The van der Waals surface area contributed by atoms with Gasteiger partial charge < -0.3 is 14.2 Å². The minimum atomic E-state index is 0.540. The molecule has 4 heteroatoms. The first-order valence-corrected chi connectivity index (χ1v) is 6.61. The first-order valence-electron chi connectivity index (χ1n) is 6.61. The number of nitrogens with zero attached hydrogens (tertiary/aromatic N) is 3. The Hall–Kier alpha value is -2.23. The molecule has 0 unspecified atom stereocenters. The van der Waals surface area contributed by atoms with Gasteiger partial charge in [-0.05, 0) is 12.1 Å². The van der Waals surface area contributed by atoms with E-state index in [-0.39, 0.29) is 0 Å². The molecule has 1 aromatic carbocycles. The van der Waals surface area contributed by atoms with Crippen molar-refractivity contribution in [2.45, 2.75) is 6.54 Å². The van der Waals surface area contributed by atoms with Crippen LogP contribution in [0.5, 0.6) is 0 Å². The molecule has 20 heavy (non-hydrogen) atoms. The van der Waals surface area contributed by atoms with Crippen molar-refractivity contribution in [1.82, 2.24) is 9.80 Å². The van der Waals surface area contributed by atoms with Crippen molar-refractivity contribution >= 4 is 5.96 Å². The summed E-state index contributed by atoms with van der Waals surface area (Å²) in [4.78, 5) is 8.55. The van der Waals surface area contributed by atoms with Crippen LogP contribution in [0.15, 0.2) is 51.9 Å². The molecule has 1 heterocycles. The maximum absolute atomic E-state index is 5.84. The van der Waals surface area contributed by atoms with Crippen molar-refractivity contribution in [3.05, 3.63) is 48.2 Å². The molecular weight excluding hydrogens is 250 g/mol. The first kappa shape index (κ1) is 14.2. The molecule has 0 amide bonds. The highest BCUT2D eigenvalue weighted by Gasteiger charge is 2.07. The Bertz CT molecular complexity index is 560. The third-order valence-electron chi connectivity index (χ3n) is 2.90. The fourth-order valence-corrected chi connectivity index (χ4v) is 2.05. The predicted octanol–water partition coefficient (Wildman–Crippen LogP) is 2.93. The van der Waals surface area contributed by atoms with Crippen LogP contribution in [0.1, 0.15) is 5.76 Å². The van der Waals surface area contributed by atoms with Gasteiger partial charge in [-0.3, -0.25) is 0 Å². The Morgan fingerprint density at radius 1 is 0.950 bits per heavy atom. The highest BCUT2D eigenvalue weighted by molar-refractivity contribution is 5.79. The van der Waals surface area contributed by atoms with Crippen molar-refractivity contribution in [3.63, 3.8) is 0 Å². The molecule has 0 saturated heterocycles. The van der Waals surface area contributed by atoms with Gasteiger partial charge in [0.05, 0.1) is 0 Å². The second-order valence-corrected chi connectivity index (χ2v) is 5.04. The molecular formula is C16H21N3O. The molecule has 2 aromatic rings. The van der Waals surface area contributed by atoms with Crippen LogP contribution in [0.2, 0.25) is 0 Å². The van der Waals surface area contributed by atoms with E-state index in [0.717, 1.165) is 23.0 Å². The second-order valence-electron chi connectivity index (χ2n) is 5.04. The van der Waals surface area contributed by atoms with E-state index in [2.05, 4.69) is 4.99 Å². The summed E-state index contributed by atoms with van der Waals surface area (Å²) in [5.74, 6) is 2.67. The molecule has 0 aliphatic heterocycles. The summed E-state index contributed by atoms with van der Waals surface area (Å²) in [6.45, 7) is 0.540. The van der Waals surface area contributed by atoms with Crippen LogP contribution >= 0.6 is 0 Å². The molecule has 0 aliphatic carbocycles. The van der Waals surface area contributed by atoms with E-state index in [9.17, 15) is 0 Å². The van der Waals surface area contributed by atoms with Crippen LogP contribution in [0.3, 0.4) is 0 Å². The zero-order valence-corrected chi connectivity index (χ0v) is 12.5. The molecule has 1 aromatic heterocycles. The van der Waals surface area contributed by atoms with E-state index >= 15 is 0 Å².